The van der Waals surface area contributed by atoms with Crippen LogP contribution < -0.4 is 0 Å². The van der Waals surface area contributed by atoms with Gasteiger partial charge in [0.15, 0.2) is 5.78 Å². The Morgan fingerprint density at radius 1 is 1.33 bits per heavy atom. The molecule has 2 nitrogen and oxygen atoms in total. The molecule has 1 rings (SSSR count). The molecule has 1 aromatic rings. The van der Waals surface area contributed by atoms with Crippen molar-refractivity contribution in [2.24, 2.45) is 0 Å². The van der Waals surface area contributed by atoms with E-state index >= 15 is 0 Å². The lowest BCUT2D eigenvalue weighted by atomic mass is 9.95. The highest BCUT2D eigenvalue weighted by Crippen LogP contribution is 2.32. The van der Waals surface area contributed by atoms with Gasteiger partial charge in [-0.3, -0.25) is 9.59 Å². The summed E-state index contributed by atoms with van der Waals surface area (Å²) in [5.41, 5.74) is -0.948. The Labute approximate surface area is 120 Å². The van der Waals surface area contributed by atoms with Crippen LogP contribution in [0, 0.1) is 0 Å². The number of benzene rings is 1. The van der Waals surface area contributed by atoms with E-state index < -0.39 is 28.7 Å². The normalized spacial score (nSPS) is 13.2. The first-order valence-corrected chi connectivity index (χ1v) is 6.63. The van der Waals surface area contributed by atoms with Crippen LogP contribution in [0.2, 0.25) is 0 Å². The molecule has 0 aliphatic carbocycles. The van der Waals surface area contributed by atoms with Crippen molar-refractivity contribution in [3.05, 3.63) is 35.4 Å². The lowest BCUT2D eigenvalue weighted by Gasteiger charge is -2.13. The third-order valence-corrected chi connectivity index (χ3v) is 3.20. The second kappa shape index (κ2) is 6.01. The van der Waals surface area contributed by atoms with E-state index in [0.29, 0.717) is 0 Å². The fourth-order valence-corrected chi connectivity index (χ4v) is 2.10. The summed E-state index contributed by atoms with van der Waals surface area (Å²) in [6.45, 7) is 0. The molecule has 0 aromatic heterocycles. The average Bonchev–Trinajstić information content (AvgIpc) is 2.27. The Balaban J connectivity index is 3.22. The molecule has 98 valence electrons. The molecule has 0 amide bonds. The highest BCUT2D eigenvalue weighted by atomic mass is 127. The first-order valence-electron chi connectivity index (χ1n) is 4.72. The summed E-state index contributed by atoms with van der Waals surface area (Å²) >= 11 is 7.01. The van der Waals surface area contributed by atoms with Crippen molar-refractivity contribution in [3.63, 3.8) is 0 Å². The number of ketones is 1. The van der Waals surface area contributed by atoms with Gasteiger partial charge in [0, 0.05) is 0 Å². The molecule has 0 fully saturated rings. The lowest BCUT2D eigenvalue weighted by molar-refractivity contribution is -0.138. The summed E-state index contributed by atoms with van der Waals surface area (Å²) in [6.07, 6.45) is -4.52. The van der Waals surface area contributed by atoms with Crippen molar-refractivity contribution in [2.75, 3.05) is 4.43 Å². The van der Waals surface area contributed by atoms with Crippen LogP contribution in [-0.2, 0) is 15.8 Å². The Hall–Kier alpha value is -0.630. The van der Waals surface area contributed by atoms with Gasteiger partial charge in [-0.05, 0) is 23.2 Å². The maximum Gasteiger partial charge on any atom is 0.416 e. The number of hydrogen-bond acceptors (Lipinski definition) is 2. The third kappa shape index (κ3) is 3.68. The summed E-state index contributed by atoms with van der Waals surface area (Å²) in [4.78, 5) is 22.7. The van der Waals surface area contributed by atoms with Crippen molar-refractivity contribution in [1.29, 1.82) is 0 Å². The lowest BCUT2D eigenvalue weighted by Crippen LogP contribution is -2.20. The van der Waals surface area contributed by atoms with Crippen molar-refractivity contribution in [2.45, 2.75) is 12.1 Å². The van der Waals surface area contributed by atoms with Gasteiger partial charge in [0.25, 0.3) is 0 Å². The summed E-state index contributed by atoms with van der Waals surface area (Å²) < 4.78 is 37.5. The number of carbonyl (C=O) groups excluding carboxylic acids is 2. The average molecular weight is 391 g/mol. The molecule has 0 spiro atoms. The molecule has 0 saturated carbocycles. The fourth-order valence-electron chi connectivity index (χ4n) is 1.42. The van der Waals surface area contributed by atoms with E-state index in [9.17, 15) is 22.8 Å². The molecular weight excluding hydrogens is 383 g/mol. The zero-order valence-electron chi connectivity index (χ0n) is 8.80. The largest absolute Gasteiger partial charge is 0.416 e. The Morgan fingerprint density at radius 3 is 2.39 bits per heavy atom. The van der Waals surface area contributed by atoms with Gasteiger partial charge in [0.2, 0.25) is 5.24 Å². The highest BCUT2D eigenvalue weighted by molar-refractivity contribution is 14.1. The monoisotopic (exact) mass is 390 g/mol. The molecule has 0 aliphatic rings. The van der Waals surface area contributed by atoms with Crippen LogP contribution in [0.1, 0.15) is 17.0 Å². The van der Waals surface area contributed by atoms with Gasteiger partial charge in [0.1, 0.15) is 5.92 Å². The number of halogens is 5. The number of hydrogen-bond donors (Lipinski definition) is 0. The third-order valence-electron chi connectivity index (χ3n) is 2.23. The van der Waals surface area contributed by atoms with Crippen LogP contribution in [0.4, 0.5) is 13.2 Å². The number of carbonyl (C=O) groups is 2. The number of alkyl halides is 4. The van der Waals surface area contributed by atoms with Gasteiger partial charge in [-0.1, -0.05) is 40.8 Å². The standard InChI is InChI=1S/C11H7ClF3IO2/c12-10(18)9(8(17)5-16)6-2-1-3-7(4-6)11(13,14)15/h1-4,9H,5H2. The number of rotatable bonds is 4. The molecule has 18 heavy (non-hydrogen) atoms. The van der Waals surface area contributed by atoms with Crippen LogP contribution >= 0.6 is 34.2 Å². The van der Waals surface area contributed by atoms with Crippen LogP contribution in [0.25, 0.3) is 0 Å². The fraction of sp³-hybridized carbons (Fsp3) is 0.273. The SMILES string of the molecule is O=C(Cl)C(C(=O)CI)c1cccc(C(F)(F)F)c1. The minimum atomic E-state index is -4.52. The van der Waals surface area contributed by atoms with Gasteiger partial charge >= 0.3 is 6.18 Å². The first kappa shape index (κ1) is 15.4. The summed E-state index contributed by atoms with van der Waals surface area (Å²) in [6, 6.07) is 4.07. The van der Waals surface area contributed by atoms with Crippen LogP contribution in [0.3, 0.4) is 0 Å². The highest BCUT2D eigenvalue weighted by Gasteiger charge is 2.33. The van der Waals surface area contributed by atoms with E-state index in [1.807, 2.05) is 0 Å². The van der Waals surface area contributed by atoms with Crippen molar-refractivity contribution >= 4 is 45.2 Å². The Morgan fingerprint density at radius 2 is 1.94 bits per heavy atom. The maximum absolute atomic E-state index is 12.5. The molecule has 0 heterocycles. The molecule has 1 aromatic carbocycles. The molecule has 0 bridgehead atoms. The second-order valence-electron chi connectivity index (χ2n) is 3.46. The molecule has 0 aliphatic heterocycles. The zero-order chi connectivity index (χ0) is 13.9. The predicted molar refractivity (Wildman–Crippen MR) is 68.9 cm³/mol. The van der Waals surface area contributed by atoms with E-state index in [1.165, 1.54) is 6.07 Å². The molecule has 0 N–H and O–H groups in total. The quantitative estimate of drug-likeness (QED) is 0.341. The summed E-state index contributed by atoms with van der Waals surface area (Å²) in [7, 11) is 0. The zero-order valence-corrected chi connectivity index (χ0v) is 11.7. The van der Waals surface area contributed by atoms with Crippen molar-refractivity contribution < 1.29 is 22.8 Å². The number of Topliss-reactive ketones (excluding diaryl/α,β-unsaturated/α-hetero) is 1. The van der Waals surface area contributed by atoms with E-state index in [4.69, 9.17) is 11.6 Å². The topological polar surface area (TPSA) is 34.1 Å². The van der Waals surface area contributed by atoms with Gasteiger partial charge in [-0.25, -0.2) is 0 Å². The van der Waals surface area contributed by atoms with E-state index in [0.717, 1.165) is 18.2 Å². The minimum absolute atomic E-state index is 0.00285. The molecule has 0 saturated heterocycles. The van der Waals surface area contributed by atoms with Crippen LogP contribution in [-0.4, -0.2) is 15.5 Å². The molecule has 7 heteroatoms. The smallest absolute Gasteiger partial charge is 0.298 e. The molecular formula is C11H7ClF3IO2. The summed E-state index contributed by atoms with van der Waals surface area (Å²) in [5.74, 6) is -1.86. The maximum atomic E-state index is 12.5. The van der Waals surface area contributed by atoms with Crippen molar-refractivity contribution in [3.8, 4) is 0 Å². The molecule has 0 radical (unpaired) electrons. The van der Waals surface area contributed by atoms with Gasteiger partial charge in [0.05, 0.1) is 9.99 Å². The molecule has 1 atom stereocenters. The van der Waals surface area contributed by atoms with Gasteiger partial charge < -0.3 is 0 Å². The van der Waals surface area contributed by atoms with Crippen molar-refractivity contribution in [1.82, 2.24) is 0 Å². The summed E-state index contributed by atoms with van der Waals surface area (Å²) in [5, 5.41) is -0.976. The van der Waals surface area contributed by atoms with E-state index in [-0.39, 0.29) is 9.99 Å². The van der Waals surface area contributed by atoms with Crippen LogP contribution in [0.5, 0.6) is 0 Å². The predicted octanol–water partition coefficient (Wildman–Crippen LogP) is 3.56. The van der Waals surface area contributed by atoms with Crippen LogP contribution in [0.15, 0.2) is 24.3 Å². The molecule has 1 unspecified atom stereocenters. The Kier molecular flexibility index (Phi) is 5.15. The van der Waals surface area contributed by atoms with E-state index in [2.05, 4.69) is 0 Å². The first-order chi connectivity index (χ1) is 8.27. The minimum Gasteiger partial charge on any atom is -0.298 e. The van der Waals surface area contributed by atoms with E-state index in [1.54, 1.807) is 22.6 Å². The van der Waals surface area contributed by atoms with Gasteiger partial charge in [-0.2, -0.15) is 13.2 Å². The Bertz CT molecular complexity index is 474. The second-order valence-corrected chi connectivity index (χ2v) is 4.60. The van der Waals surface area contributed by atoms with Gasteiger partial charge in [-0.15, -0.1) is 0 Å².